The average Bonchev–Trinajstić information content (AvgIpc) is 2.17. The molecule has 0 aliphatic heterocycles. The Morgan fingerprint density at radius 3 is 2.93 bits per heavy atom. The highest BCUT2D eigenvalue weighted by Gasteiger charge is 2.22. The quantitative estimate of drug-likeness (QED) is 0.638. The third kappa shape index (κ3) is 3.36. The Morgan fingerprint density at radius 1 is 1.50 bits per heavy atom. The molecule has 0 aromatic carbocycles. The number of ketones is 2. The zero-order chi connectivity index (χ0) is 10.4. The molecule has 4 nitrogen and oxygen atoms in total. The SMILES string of the molecule is [N-]=[NH+]CC(=O)CCC1CCCCC1=O. The predicted molar refractivity (Wildman–Crippen MR) is 50.4 cm³/mol. The van der Waals surface area contributed by atoms with Crippen LogP contribution in [0.25, 0.3) is 5.53 Å². The molecule has 1 atom stereocenters. The van der Waals surface area contributed by atoms with E-state index < -0.39 is 0 Å². The van der Waals surface area contributed by atoms with E-state index in [-0.39, 0.29) is 18.2 Å². The molecular formula is C10H16N2O2. The highest BCUT2D eigenvalue weighted by molar-refractivity contribution is 5.83. The van der Waals surface area contributed by atoms with Crippen molar-refractivity contribution >= 4 is 11.6 Å². The van der Waals surface area contributed by atoms with Gasteiger partial charge in [-0.15, -0.1) is 0 Å². The molecule has 0 aromatic rings. The number of carbonyl (C=O) groups is 2. The molecule has 0 spiro atoms. The van der Waals surface area contributed by atoms with Gasteiger partial charge in [0, 0.05) is 18.8 Å². The molecule has 1 saturated carbocycles. The minimum atomic E-state index is -0.0362. The molecule has 1 unspecified atom stereocenters. The van der Waals surface area contributed by atoms with Gasteiger partial charge in [-0.2, -0.15) is 0 Å². The van der Waals surface area contributed by atoms with Gasteiger partial charge in [-0.1, -0.05) is 6.42 Å². The van der Waals surface area contributed by atoms with Gasteiger partial charge in [0.1, 0.15) is 5.78 Å². The first-order valence-corrected chi connectivity index (χ1v) is 5.15. The molecule has 0 aromatic heterocycles. The Hall–Kier alpha value is -1.06. The van der Waals surface area contributed by atoms with Gasteiger partial charge in [-0.3, -0.25) is 9.59 Å². The van der Waals surface area contributed by atoms with Crippen molar-refractivity contribution in [3.8, 4) is 0 Å². The summed E-state index contributed by atoms with van der Waals surface area (Å²) in [5.41, 5.74) is 8.29. The first-order valence-electron chi connectivity index (χ1n) is 5.15. The molecule has 0 bridgehead atoms. The van der Waals surface area contributed by atoms with Gasteiger partial charge in [-0.05, 0) is 19.3 Å². The molecule has 78 valence electrons. The van der Waals surface area contributed by atoms with E-state index in [2.05, 4.69) is 0 Å². The highest BCUT2D eigenvalue weighted by Crippen LogP contribution is 2.24. The van der Waals surface area contributed by atoms with Crippen molar-refractivity contribution in [1.29, 1.82) is 0 Å². The Morgan fingerprint density at radius 2 is 2.29 bits per heavy atom. The summed E-state index contributed by atoms with van der Waals surface area (Å²) in [4.78, 5) is 22.4. The average molecular weight is 196 g/mol. The van der Waals surface area contributed by atoms with Crippen LogP contribution in [0.4, 0.5) is 0 Å². The number of nitrogens with zero attached hydrogens (tertiary/aromatic N) is 1. The van der Waals surface area contributed by atoms with Crippen LogP contribution in [-0.4, -0.2) is 18.1 Å². The van der Waals surface area contributed by atoms with Crippen molar-refractivity contribution in [2.24, 2.45) is 5.92 Å². The van der Waals surface area contributed by atoms with E-state index >= 15 is 0 Å². The lowest BCUT2D eigenvalue weighted by atomic mass is 9.84. The second-order valence-electron chi connectivity index (χ2n) is 3.82. The monoisotopic (exact) mass is 196 g/mol. The van der Waals surface area contributed by atoms with Gasteiger partial charge in [0.15, 0.2) is 12.3 Å². The largest absolute Gasteiger partial charge is 0.508 e. The first kappa shape index (κ1) is 11.0. The van der Waals surface area contributed by atoms with Gasteiger partial charge in [0.05, 0.1) is 0 Å². The molecule has 1 fully saturated rings. The minimum Gasteiger partial charge on any atom is -0.508 e. The molecule has 1 aliphatic carbocycles. The van der Waals surface area contributed by atoms with E-state index in [4.69, 9.17) is 5.53 Å². The predicted octanol–water partition coefficient (Wildman–Crippen LogP) is 0.197. The first-order chi connectivity index (χ1) is 6.74. The molecule has 1 rings (SSSR count). The summed E-state index contributed by atoms with van der Waals surface area (Å²) in [6.07, 6.45) is 4.75. The summed E-state index contributed by atoms with van der Waals surface area (Å²) in [7, 11) is 0. The van der Waals surface area contributed by atoms with Crippen molar-refractivity contribution in [3.05, 3.63) is 5.53 Å². The fourth-order valence-electron chi connectivity index (χ4n) is 1.87. The second kappa shape index (κ2) is 5.62. The van der Waals surface area contributed by atoms with E-state index in [9.17, 15) is 9.59 Å². The number of hydrogen-bond acceptors (Lipinski definition) is 2. The van der Waals surface area contributed by atoms with Crippen molar-refractivity contribution in [1.82, 2.24) is 0 Å². The van der Waals surface area contributed by atoms with Crippen LogP contribution in [-0.2, 0) is 9.59 Å². The third-order valence-corrected chi connectivity index (χ3v) is 2.73. The summed E-state index contributed by atoms with van der Waals surface area (Å²) in [5, 5.41) is 1.83. The van der Waals surface area contributed by atoms with Crippen LogP contribution < -0.4 is 5.11 Å². The van der Waals surface area contributed by atoms with Gasteiger partial charge in [-0.25, -0.2) is 0 Å². The zero-order valence-corrected chi connectivity index (χ0v) is 8.29. The Bertz CT molecular complexity index is 238. The molecule has 1 aliphatic rings. The van der Waals surface area contributed by atoms with E-state index in [1.807, 2.05) is 5.11 Å². The minimum absolute atomic E-state index is 0.0130. The van der Waals surface area contributed by atoms with Crippen molar-refractivity contribution in [2.75, 3.05) is 6.54 Å². The van der Waals surface area contributed by atoms with Crippen LogP contribution in [0.15, 0.2) is 0 Å². The fraction of sp³-hybridized carbons (Fsp3) is 0.800. The lowest BCUT2D eigenvalue weighted by Gasteiger charge is -2.19. The zero-order valence-electron chi connectivity index (χ0n) is 8.29. The molecule has 4 heteroatoms. The van der Waals surface area contributed by atoms with Crippen molar-refractivity contribution in [2.45, 2.75) is 38.5 Å². The molecule has 0 saturated heterocycles. The molecular weight excluding hydrogens is 180 g/mol. The van der Waals surface area contributed by atoms with Crippen molar-refractivity contribution < 1.29 is 14.7 Å². The van der Waals surface area contributed by atoms with E-state index in [1.54, 1.807) is 0 Å². The van der Waals surface area contributed by atoms with Crippen LogP contribution >= 0.6 is 0 Å². The Labute approximate surface area is 83.6 Å². The number of nitrogens with one attached hydrogen (secondary N) is 1. The maximum absolute atomic E-state index is 11.4. The fourth-order valence-corrected chi connectivity index (χ4v) is 1.87. The highest BCUT2D eigenvalue weighted by atomic mass is 16.1. The van der Waals surface area contributed by atoms with Gasteiger partial charge >= 0.3 is 0 Å². The Balaban J connectivity index is 2.25. The van der Waals surface area contributed by atoms with Crippen LogP contribution in [0, 0.1) is 5.92 Å². The molecule has 0 amide bonds. The van der Waals surface area contributed by atoms with Gasteiger partial charge in [0.2, 0.25) is 0 Å². The number of carbonyl (C=O) groups excluding carboxylic acids is 2. The maximum atomic E-state index is 11.4. The summed E-state index contributed by atoms with van der Waals surface area (Å²) in [6.45, 7) is -0.0130. The lowest BCUT2D eigenvalue weighted by Crippen LogP contribution is -2.65. The molecule has 0 heterocycles. The Kier molecular flexibility index (Phi) is 4.43. The van der Waals surface area contributed by atoms with Gasteiger partial charge < -0.3 is 10.6 Å². The van der Waals surface area contributed by atoms with Crippen LogP contribution in [0.3, 0.4) is 0 Å². The molecule has 14 heavy (non-hydrogen) atoms. The third-order valence-electron chi connectivity index (χ3n) is 2.73. The maximum Gasteiger partial charge on any atom is 0.196 e. The second-order valence-corrected chi connectivity index (χ2v) is 3.82. The summed E-state index contributed by atoms with van der Waals surface area (Å²) in [5.74, 6) is 0.360. The van der Waals surface area contributed by atoms with Gasteiger partial charge in [0.25, 0.3) is 0 Å². The normalized spacial score (nSPS) is 22.0. The topological polar surface area (TPSA) is 70.4 Å². The summed E-state index contributed by atoms with van der Waals surface area (Å²) in [6, 6.07) is 0. The number of rotatable bonds is 5. The van der Waals surface area contributed by atoms with Crippen LogP contribution in [0.5, 0.6) is 0 Å². The number of Topliss-reactive ketones (excluding diaryl/α,β-unsaturated/α-hetero) is 2. The molecule has 1 N–H and O–H groups in total. The van der Waals surface area contributed by atoms with Crippen LogP contribution in [0.1, 0.15) is 38.5 Å². The number of hydrogen-bond donors (Lipinski definition) is 1. The smallest absolute Gasteiger partial charge is 0.196 e. The lowest BCUT2D eigenvalue weighted by molar-refractivity contribution is -0.467. The van der Waals surface area contributed by atoms with Crippen LogP contribution in [0.2, 0.25) is 0 Å². The van der Waals surface area contributed by atoms with E-state index in [1.165, 1.54) is 0 Å². The summed E-state index contributed by atoms with van der Waals surface area (Å²) >= 11 is 0. The van der Waals surface area contributed by atoms with E-state index in [0.29, 0.717) is 25.0 Å². The van der Waals surface area contributed by atoms with Crippen molar-refractivity contribution in [3.63, 3.8) is 0 Å². The molecule has 0 radical (unpaired) electrons. The summed E-state index contributed by atoms with van der Waals surface area (Å²) < 4.78 is 0. The standard InChI is InChI=1S/C10H16N2O2/c11-12-7-9(13)6-5-8-3-1-2-4-10(8)14/h8,12H,1-7H2. The van der Waals surface area contributed by atoms with E-state index in [0.717, 1.165) is 19.3 Å².